The number of thiazole rings is 1. The quantitative estimate of drug-likeness (QED) is 0.778. The number of anilines is 1. The first-order valence-corrected chi connectivity index (χ1v) is 6.08. The first-order valence-electron chi connectivity index (χ1n) is 5.20. The van der Waals surface area contributed by atoms with E-state index >= 15 is 0 Å². The maximum atomic E-state index is 13.8. The highest BCUT2D eigenvalue weighted by Crippen LogP contribution is 2.33. The molecular formula is C12H7FN2O2S. The number of aromatic nitrogens is 1. The summed E-state index contributed by atoms with van der Waals surface area (Å²) >= 11 is 1.35. The van der Waals surface area contributed by atoms with E-state index in [1.54, 1.807) is 11.7 Å². The number of hydrogen-bond acceptors (Lipinski definition) is 4. The Kier molecular flexibility index (Phi) is 2.45. The molecule has 1 aliphatic heterocycles. The molecule has 18 heavy (non-hydrogen) atoms. The monoisotopic (exact) mass is 262 g/mol. The fourth-order valence-corrected chi connectivity index (χ4v) is 2.52. The van der Waals surface area contributed by atoms with Gasteiger partial charge in [-0.25, -0.2) is 4.39 Å². The molecule has 0 bridgehead atoms. The first-order chi connectivity index (χ1) is 8.68. The molecule has 1 aromatic heterocycles. The molecule has 0 aliphatic carbocycles. The number of para-hydroxylation sites is 1. The van der Waals surface area contributed by atoms with Crippen LogP contribution in [0.1, 0.15) is 15.2 Å². The van der Waals surface area contributed by atoms with Gasteiger partial charge in [-0.15, -0.1) is 11.3 Å². The van der Waals surface area contributed by atoms with Crippen LogP contribution in [-0.2, 0) is 11.3 Å². The summed E-state index contributed by atoms with van der Waals surface area (Å²) in [6.07, 6.45) is 1.60. The maximum Gasteiger partial charge on any atom is 0.299 e. The number of fused-ring (bicyclic) bond motifs is 1. The summed E-state index contributed by atoms with van der Waals surface area (Å²) in [6.45, 7) is 0.170. The van der Waals surface area contributed by atoms with Gasteiger partial charge in [-0.2, -0.15) is 0 Å². The largest absolute Gasteiger partial charge is 0.299 e. The number of hydrogen-bond donors (Lipinski definition) is 0. The minimum atomic E-state index is -0.691. The Balaban J connectivity index is 2.07. The Hall–Kier alpha value is -2.08. The summed E-state index contributed by atoms with van der Waals surface area (Å²) in [7, 11) is 0. The van der Waals surface area contributed by atoms with Gasteiger partial charge in [-0.3, -0.25) is 19.5 Å². The van der Waals surface area contributed by atoms with Gasteiger partial charge in [0.05, 0.1) is 23.3 Å². The second-order valence-corrected chi connectivity index (χ2v) is 4.80. The fourth-order valence-electron chi connectivity index (χ4n) is 1.94. The number of Topliss-reactive ketones (excluding diaryl/α,β-unsaturated/α-hetero) is 1. The molecule has 1 amide bonds. The minimum absolute atomic E-state index is 0.0703. The van der Waals surface area contributed by atoms with Crippen molar-refractivity contribution in [2.45, 2.75) is 6.54 Å². The predicted octanol–water partition coefficient (Wildman–Crippen LogP) is 2.01. The van der Waals surface area contributed by atoms with E-state index in [2.05, 4.69) is 4.98 Å². The molecule has 0 N–H and O–H groups in total. The van der Waals surface area contributed by atoms with Crippen LogP contribution in [0.15, 0.2) is 29.9 Å². The molecule has 2 aromatic rings. The van der Waals surface area contributed by atoms with Crippen LogP contribution < -0.4 is 4.90 Å². The molecule has 1 aliphatic rings. The summed E-state index contributed by atoms with van der Waals surface area (Å²) in [4.78, 5) is 29.4. The van der Waals surface area contributed by atoms with Crippen LogP contribution in [-0.4, -0.2) is 16.7 Å². The molecule has 1 aromatic carbocycles. The second kappa shape index (κ2) is 3.99. The molecule has 0 radical (unpaired) electrons. The summed E-state index contributed by atoms with van der Waals surface area (Å²) in [5.41, 5.74) is 1.82. The molecule has 6 heteroatoms. The van der Waals surface area contributed by atoms with Crippen molar-refractivity contribution in [1.82, 2.24) is 4.98 Å². The zero-order valence-electron chi connectivity index (χ0n) is 9.09. The molecule has 0 atom stereocenters. The number of benzene rings is 1. The van der Waals surface area contributed by atoms with E-state index in [9.17, 15) is 14.0 Å². The lowest BCUT2D eigenvalue weighted by molar-refractivity contribution is -0.114. The highest BCUT2D eigenvalue weighted by molar-refractivity contribution is 7.09. The van der Waals surface area contributed by atoms with Gasteiger partial charge in [0.15, 0.2) is 0 Å². The van der Waals surface area contributed by atoms with Gasteiger partial charge in [-0.1, -0.05) is 6.07 Å². The third-order valence-corrected chi connectivity index (χ3v) is 3.50. The van der Waals surface area contributed by atoms with E-state index in [0.29, 0.717) is 0 Å². The molecule has 0 spiro atoms. The normalized spacial score (nSPS) is 14.2. The Labute approximate surface area is 106 Å². The van der Waals surface area contributed by atoms with Crippen molar-refractivity contribution in [1.29, 1.82) is 0 Å². The highest BCUT2D eigenvalue weighted by Gasteiger charge is 2.37. The lowest BCUT2D eigenvalue weighted by Gasteiger charge is -2.15. The number of ketones is 1. The molecular weight excluding hydrogens is 255 g/mol. The van der Waals surface area contributed by atoms with Crippen molar-refractivity contribution >= 4 is 28.7 Å². The van der Waals surface area contributed by atoms with Gasteiger partial charge in [0.1, 0.15) is 5.82 Å². The molecule has 90 valence electrons. The smallest absolute Gasteiger partial charge is 0.297 e. The molecule has 2 heterocycles. The number of nitrogens with zero attached hydrogens (tertiary/aromatic N) is 2. The number of carbonyl (C=O) groups is 2. The van der Waals surface area contributed by atoms with Crippen molar-refractivity contribution in [2.24, 2.45) is 0 Å². The molecule has 0 unspecified atom stereocenters. The minimum Gasteiger partial charge on any atom is -0.297 e. The van der Waals surface area contributed by atoms with E-state index < -0.39 is 17.5 Å². The number of carbonyl (C=O) groups excluding carboxylic acids is 2. The van der Waals surface area contributed by atoms with Gasteiger partial charge in [-0.05, 0) is 12.1 Å². The van der Waals surface area contributed by atoms with E-state index in [1.807, 2.05) is 0 Å². The molecule has 0 saturated carbocycles. The van der Waals surface area contributed by atoms with Crippen LogP contribution in [0.25, 0.3) is 0 Å². The Bertz CT molecular complexity index is 640. The molecule has 0 saturated heterocycles. The van der Waals surface area contributed by atoms with Crippen molar-refractivity contribution < 1.29 is 14.0 Å². The summed E-state index contributed by atoms with van der Waals surface area (Å²) < 4.78 is 13.8. The third-order valence-electron chi connectivity index (χ3n) is 2.74. The van der Waals surface area contributed by atoms with Crippen molar-refractivity contribution in [2.75, 3.05) is 4.90 Å². The summed E-state index contributed by atoms with van der Waals surface area (Å²) in [6, 6.07) is 4.13. The lowest BCUT2D eigenvalue weighted by Crippen LogP contribution is -2.29. The van der Waals surface area contributed by atoms with Crippen LogP contribution >= 0.6 is 11.3 Å². The third kappa shape index (κ3) is 1.53. The topological polar surface area (TPSA) is 50.3 Å². The van der Waals surface area contributed by atoms with Crippen molar-refractivity contribution in [3.8, 4) is 0 Å². The highest BCUT2D eigenvalue weighted by atomic mass is 32.1. The Morgan fingerprint density at radius 1 is 1.33 bits per heavy atom. The number of amides is 1. The average Bonchev–Trinajstić information content (AvgIpc) is 2.94. The Morgan fingerprint density at radius 3 is 2.89 bits per heavy atom. The van der Waals surface area contributed by atoms with Crippen LogP contribution in [0, 0.1) is 5.82 Å². The van der Waals surface area contributed by atoms with Crippen LogP contribution in [0.3, 0.4) is 0 Å². The Morgan fingerprint density at radius 2 is 2.17 bits per heavy atom. The lowest BCUT2D eigenvalue weighted by atomic mass is 10.1. The van der Waals surface area contributed by atoms with E-state index in [-0.39, 0.29) is 17.8 Å². The standard InChI is InChI=1S/C12H7FN2O2S/c13-9-3-1-2-8-10(9)15(12(17)11(8)16)5-7-4-14-6-18-7/h1-4,6H,5H2. The van der Waals surface area contributed by atoms with Gasteiger partial charge in [0.25, 0.3) is 11.7 Å². The summed E-state index contributed by atoms with van der Waals surface area (Å²) in [5.74, 6) is -1.91. The number of rotatable bonds is 2. The van der Waals surface area contributed by atoms with E-state index in [4.69, 9.17) is 0 Å². The maximum absolute atomic E-state index is 13.8. The SMILES string of the molecule is O=C1C(=O)N(Cc2cncs2)c2c(F)cccc21. The van der Waals surface area contributed by atoms with Gasteiger partial charge in [0, 0.05) is 11.1 Å². The fraction of sp³-hybridized carbons (Fsp3) is 0.0833. The predicted molar refractivity (Wildman–Crippen MR) is 64.0 cm³/mol. The first kappa shape index (κ1) is 11.0. The molecule has 4 nitrogen and oxygen atoms in total. The average molecular weight is 262 g/mol. The zero-order chi connectivity index (χ0) is 12.7. The van der Waals surface area contributed by atoms with Crippen LogP contribution in [0.2, 0.25) is 0 Å². The number of halogens is 1. The molecule has 3 rings (SSSR count). The zero-order valence-corrected chi connectivity index (χ0v) is 9.91. The van der Waals surface area contributed by atoms with Crippen LogP contribution in [0.4, 0.5) is 10.1 Å². The van der Waals surface area contributed by atoms with Gasteiger partial charge in [0.2, 0.25) is 0 Å². The van der Waals surface area contributed by atoms with Gasteiger partial charge < -0.3 is 0 Å². The summed E-state index contributed by atoms with van der Waals surface area (Å²) in [5, 5.41) is 0. The second-order valence-electron chi connectivity index (χ2n) is 3.82. The van der Waals surface area contributed by atoms with Crippen LogP contribution in [0.5, 0.6) is 0 Å². The van der Waals surface area contributed by atoms with E-state index in [1.165, 1.54) is 34.4 Å². The van der Waals surface area contributed by atoms with Gasteiger partial charge >= 0.3 is 0 Å². The van der Waals surface area contributed by atoms with Crippen molar-refractivity contribution in [3.63, 3.8) is 0 Å². The van der Waals surface area contributed by atoms with Crippen molar-refractivity contribution in [3.05, 3.63) is 46.2 Å². The molecule has 0 fully saturated rings. The van der Waals surface area contributed by atoms with E-state index in [0.717, 1.165) is 4.88 Å².